The standard InChI is InChI=1S/C16H22/c1-2-3-4-5-6-7-8-10-13-16-14-11-9-12-15-16/h2,7-9,11-12,14-15H,1,3-6,10,13H2. The van der Waals surface area contributed by atoms with Gasteiger partial charge in [-0.15, -0.1) is 6.58 Å². The summed E-state index contributed by atoms with van der Waals surface area (Å²) in [6, 6.07) is 10.7. The van der Waals surface area contributed by atoms with E-state index in [2.05, 4.69) is 49.1 Å². The van der Waals surface area contributed by atoms with E-state index >= 15 is 0 Å². The van der Waals surface area contributed by atoms with Crippen LogP contribution in [0.3, 0.4) is 0 Å². The lowest BCUT2D eigenvalue weighted by atomic mass is 10.1. The largest absolute Gasteiger partial charge is 0.103 e. The fourth-order valence-electron chi connectivity index (χ4n) is 1.68. The van der Waals surface area contributed by atoms with Gasteiger partial charge in [0.1, 0.15) is 0 Å². The van der Waals surface area contributed by atoms with Gasteiger partial charge in [-0.3, -0.25) is 0 Å². The molecule has 0 aromatic heterocycles. The molecule has 0 fully saturated rings. The first kappa shape index (κ1) is 12.8. The number of aryl methyl sites for hydroxylation is 1. The molecule has 0 amide bonds. The fourth-order valence-corrected chi connectivity index (χ4v) is 1.68. The maximum Gasteiger partial charge on any atom is -0.0244 e. The summed E-state index contributed by atoms with van der Waals surface area (Å²) in [7, 11) is 0. The lowest BCUT2D eigenvalue weighted by Gasteiger charge is -1.96. The average Bonchev–Trinajstić information content (AvgIpc) is 2.34. The normalized spacial score (nSPS) is 10.8. The van der Waals surface area contributed by atoms with Crippen LogP contribution < -0.4 is 0 Å². The first-order valence-electron chi connectivity index (χ1n) is 6.23. The van der Waals surface area contributed by atoms with E-state index in [9.17, 15) is 0 Å². The van der Waals surface area contributed by atoms with Gasteiger partial charge < -0.3 is 0 Å². The minimum Gasteiger partial charge on any atom is -0.103 e. The smallest absolute Gasteiger partial charge is 0.0244 e. The molecule has 0 unspecified atom stereocenters. The summed E-state index contributed by atoms with van der Waals surface area (Å²) in [5.74, 6) is 0. The van der Waals surface area contributed by atoms with Crippen molar-refractivity contribution in [2.24, 2.45) is 0 Å². The number of unbranched alkanes of at least 4 members (excludes halogenated alkanes) is 3. The Labute approximate surface area is 99.7 Å². The van der Waals surface area contributed by atoms with Gasteiger partial charge in [0.25, 0.3) is 0 Å². The van der Waals surface area contributed by atoms with E-state index in [0.29, 0.717) is 0 Å². The van der Waals surface area contributed by atoms with Gasteiger partial charge in [0.2, 0.25) is 0 Å². The second-order valence-electron chi connectivity index (χ2n) is 4.07. The summed E-state index contributed by atoms with van der Waals surface area (Å²) in [5, 5.41) is 0. The summed E-state index contributed by atoms with van der Waals surface area (Å²) in [6.45, 7) is 3.72. The van der Waals surface area contributed by atoms with E-state index in [-0.39, 0.29) is 0 Å². The Morgan fingerprint density at radius 1 is 0.875 bits per heavy atom. The van der Waals surface area contributed by atoms with E-state index in [1.54, 1.807) is 0 Å². The lowest BCUT2D eigenvalue weighted by molar-refractivity contribution is 0.761. The molecule has 0 spiro atoms. The summed E-state index contributed by atoms with van der Waals surface area (Å²) >= 11 is 0. The van der Waals surface area contributed by atoms with E-state index in [1.807, 2.05) is 6.08 Å². The molecule has 1 rings (SSSR count). The van der Waals surface area contributed by atoms with Gasteiger partial charge in [0.15, 0.2) is 0 Å². The lowest BCUT2D eigenvalue weighted by Crippen LogP contribution is -1.81. The highest BCUT2D eigenvalue weighted by Gasteiger charge is 1.88. The molecule has 16 heavy (non-hydrogen) atoms. The topological polar surface area (TPSA) is 0 Å². The molecule has 86 valence electrons. The molecule has 0 saturated heterocycles. The first-order chi connectivity index (χ1) is 7.93. The van der Waals surface area contributed by atoms with E-state index in [4.69, 9.17) is 0 Å². The minimum atomic E-state index is 1.15. The SMILES string of the molecule is C=CCCCCC=CCCc1ccccc1. The molecule has 1 aromatic rings. The van der Waals surface area contributed by atoms with Gasteiger partial charge in [-0.25, -0.2) is 0 Å². The summed E-state index contributed by atoms with van der Waals surface area (Å²) in [6.07, 6.45) is 13.8. The third-order valence-corrected chi connectivity index (χ3v) is 2.64. The van der Waals surface area contributed by atoms with Crippen LogP contribution in [0.25, 0.3) is 0 Å². The fraction of sp³-hybridized carbons (Fsp3) is 0.375. The Morgan fingerprint density at radius 3 is 2.31 bits per heavy atom. The average molecular weight is 214 g/mol. The molecular formula is C16H22. The molecule has 0 nitrogen and oxygen atoms in total. The molecule has 1 aromatic carbocycles. The second kappa shape index (κ2) is 8.96. The van der Waals surface area contributed by atoms with Crippen LogP contribution in [-0.4, -0.2) is 0 Å². The monoisotopic (exact) mass is 214 g/mol. The van der Waals surface area contributed by atoms with Crippen LogP contribution in [0.15, 0.2) is 55.1 Å². The summed E-state index contributed by atoms with van der Waals surface area (Å²) in [4.78, 5) is 0. The number of rotatable bonds is 8. The zero-order chi connectivity index (χ0) is 11.5. The maximum atomic E-state index is 3.72. The van der Waals surface area contributed by atoms with Crippen molar-refractivity contribution in [2.45, 2.75) is 38.5 Å². The van der Waals surface area contributed by atoms with Crippen LogP contribution in [0.4, 0.5) is 0 Å². The molecule has 0 radical (unpaired) electrons. The van der Waals surface area contributed by atoms with Crippen molar-refractivity contribution >= 4 is 0 Å². The zero-order valence-electron chi connectivity index (χ0n) is 10.1. The van der Waals surface area contributed by atoms with Crippen molar-refractivity contribution in [3.05, 3.63) is 60.7 Å². The van der Waals surface area contributed by atoms with Crippen molar-refractivity contribution in [1.82, 2.24) is 0 Å². The highest BCUT2D eigenvalue weighted by molar-refractivity contribution is 5.15. The van der Waals surface area contributed by atoms with E-state index < -0.39 is 0 Å². The van der Waals surface area contributed by atoms with E-state index in [0.717, 1.165) is 19.3 Å². The first-order valence-corrected chi connectivity index (χ1v) is 6.23. The number of hydrogen-bond acceptors (Lipinski definition) is 0. The number of hydrogen-bond donors (Lipinski definition) is 0. The molecule has 0 aliphatic carbocycles. The van der Waals surface area contributed by atoms with Crippen LogP contribution >= 0.6 is 0 Å². The quantitative estimate of drug-likeness (QED) is 0.425. The van der Waals surface area contributed by atoms with Gasteiger partial charge in [0.05, 0.1) is 0 Å². The van der Waals surface area contributed by atoms with Crippen molar-refractivity contribution in [1.29, 1.82) is 0 Å². The Bertz CT molecular complexity index is 295. The summed E-state index contributed by atoms with van der Waals surface area (Å²) < 4.78 is 0. The van der Waals surface area contributed by atoms with Crippen molar-refractivity contribution in [3.63, 3.8) is 0 Å². The highest BCUT2D eigenvalue weighted by Crippen LogP contribution is 2.05. The molecule has 0 atom stereocenters. The van der Waals surface area contributed by atoms with Gasteiger partial charge in [-0.1, -0.05) is 48.6 Å². The number of allylic oxidation sites excluding steroid dienone is 3. The van der Waals surface area contributed by atoms with Crippen molar-refractivity contribution in [2.75, 3.05) is 0 Å². The van der Waals surface area contributed by atoms with E-state index in [1.165, 1.54) is 24.8 Å². The predicted octanol–water partition coefficient (Wildman–Crippen LogP) is 4.92. The molecule has 0 aliphatic rings. The number of benzene rings is 1. The Hall–Kier alpha value is -1.30. The van der Waals surface area contributed by atoms with Crippen LogP contribution in [0.1, 0.15) is 37.7 Å². The molecule has 0 saturated carbocycles. The predicted molar refractivity (Wildman–Crippen MR) is 72.6 cm³/mol. The molecule has 0 bridgehead atoms. The third-order valence-electron chi connectivity index (χ3n) is 2.64. The van der Waals surface area contributed by atoms with Crippen LogP contribution in [0.2, 0.25) is 0 Å². The van der Waals surface area contributed by atoms with Crippen LogP contribution in [0.5, 0.6) is 0 Å². The van der Waals surface area contributed by atoms with Gasteiger partial charge in [-0.2, -0.15) is 0 Å². The minimum absolute atomic E-state index is 1.15. The Morgan fingerprint density at radius 2 is 1.56 bits per heavy atom. The van der Waals surface area contributed by atoms with Gasteiger partial charge in [0, 0.05) is 0 Å². The van der Waals surface area contributed by atoms with Gasteiger partial charge >= 0.3 is 0 Å². The molecular weight excluding hydrogens is 192 g/mol. The van der Waals surface area contributed by atoms with Gasteiger partial charge in [-0.05, 0) is 44.1 Å². The molecule has 0 heteroatoms. The third kappa shape index (κ3) is 6.23. The van der Waals surface area contributed by atoms with Crippen molar-refractivity contribution in [3.8, 4) is 0 Å². The Kier molecular flexibility index (Phi) is 7.15. The van der Waals surface area contributed by atoms with Crippen LogP contribution in [-0.2, 0) is 6.42 Å². The molecule has 0 aliphatic heterocycles. The van der Waals surface area contributed by atoms with Crippen LogP contribution in [0, 0.1) is 0 Å². The summed E-state index contributed by atoms with van der Waals surface area (Å²) in [5.41, 5.74) is 1.43. The molecule has 0 N–H and O–H groups in total. The van der Waals surface area contributed by atoms with Crippen molar-refractivity contribution < 1.29 is 0 Å². The molecule has 0 heterocycles. The maximum absolute atomic E-state index is 3.72. The highest BCUT2D eigenvalue weighted by atomic mass is 13.9. The zero-order valence-corrected chi connectivity index (χ0v) is 10.1. The second-order valence-corrected chi connectivity index (χ2v) is 4.07. The Balaban J connectivity index is 2.02.